The summed E-state index contributed by atoms with van der Waals surface area (Å²) in [5, 5.41) is 0.400. The molecule has 1 heterocycles. The highest BCUT2D eigenvalue weighted by Gasteiger charge is 2.30. The zero-order valence-electron chi connectivity index (χ0n) is 10.8. The Morgan fingerprint density at radius 3 is 1.72 bits per heavy atom. The highest BCUT2D eigenvalue weighted by molar-refractivity contribution is 6.31. The first-order valence-corrected chi connectivity index (χ1v) is 7.43. The third kappa shape index (κ3) is 3.55. The van der Waals surface area contributed by atoms with E-state index in [0.29, 0.717) is 0 Å². The maximum Gasteiger partial charge on any atom is 0.226 e. The van der Waals surface area contributed by atoms with Crippen molar-refractivity contribution in [1.29, 1.82) is 0 Å². The van der Waals surface area contributed by atoms with E-state index in [2.05, 4.69) is 21.9 Å². The summed E-state index contributed by atoms with van der Waals surface area (Å²) in [6.07, 6.45) is 9.91. The van der Waals surface area contributed by atoms with Gasteiger partial charge in [-0.3, -0.25) is 0 Å². The smallest absolute Gasteiger partial charge is 0.202 e. The topological polar surface area (TPSA) is 38.7 Å². The Morgan fingerprint density at radius 1 is 0.778 bits per heavy atom. The van der Waals surface area contributed by atoms with Gasteiger partial charge in [0.05, 0.1) is 0 Å². The summed E-state index contributed by atoms with van der Waals surface area (Å²) in [4.78, 5) is 12.4. The standard InChI is InChI=1S/C13H19Cl2N3/c1-13(8-6-4-2-3-5-7-9-13)10-16-11(14)18-12(15)17-10/h2-9H2,1H3. The molecular weight excluding hydrogens is 269 g/mol. The summed E-state index contributed by atoms with van der Waals surface area (Å²) in [7, 11) is 0. The molecule has 1 aromatic rings. The molecule has 0 amide bonds. The van der Waals surface area contributed by atoms with Crippen LogP contribution in [0.3, 0.4) is 0 Å². The van der Waals surface area contributed by atoms with Crippen LogP contribution in [0.25, 0.3) is 0 Å². The van der Waals surface area contributed by atoms with Crippen LogP contribution in [-0.4, -0.2) is 15.0 Å². The zero-order chi connectivity index (χ0) is 13.0. The molecule has 0 N–H and O–H groups in total. The van der Waals surface area contributed by atoms with Gasteiger partial charge in [-0.25, -0.2) is 9.97 Å². The lowest BCUT2D eigenvalue weighted by Gasteiger charge is -2.27. The first-order valence-electron chi connectivity index (χ1n) is 6.68. The fraction of sp³-hybridized carbons (Fsp3) is 0.769. The van der Waals surface area contributed by atoms with Gasteiger partial charge < -0.3 is 0 Å². The lowest BCUT2D eigenvalue weighted by Crippen LogP contribution is -2.25. The molecule has 0 spiro atoms. The molecule has 5 heteroatoms. The SMILES string of the molecule is CC1(c2nc(Cl)nc(Cl)n2)CCCCCCCC1. The van der Waals surface area contributed by atoms with Crippen LogP contribution < -0.4 is 0 Å². The van der Waals surface area contributed by atoms with Crippen LogP contribution in [0.5, 0.6) is 0 Å². The predicted molar refractivity (Wildman–Crippen MR) is 74.1 cm³/mol. The second-order valence-corrected chi connectivity index (χ2v) is 6.06. The van der Waals surface area contributed by atoms with Crippen molar-refractivity contribution in [3.63, 3.8) is 0 Å². The molecule has 0 aliphatic heterocycles. The zero-order valence-corrected chi connectivity index (χ0v) is 12.3. The number of aromatic nitrogens is 3. The van der Waals surface area contributed by atoms with Gasteiger partial charge in [0, 0.05) is 5.41 Å². The number of nitrogens with zero attached hydrogens (tertiary/aromatic N) is 3. The second-order valence-electron chi connectivity index (χ2n) is 5.38. The molecule has 1 aliphatic carbocycles. The summed E-state index contributed by atoms with van der Waals surface area (Å²) in [6.45, 7) is 2.22. The Morgan fingerprint density at radius 2 is 1.22 bits per heavy atom. The van der Waals surface area contributed by atoms with Gasteiger partial charge in [0.15, 0.2) is 0 Å². The van der Waals surface area contributed by atoms with E-state index in [9.17, 15) is 0 Å². The maximum atomic E-state index is 5.89. The maximum absolute atomic E-state index is 5.89. The van der Waals surface area contributed by atoms with E-state index in [4.69, 9.17) is 23.2 Å². The molecule has 0 saturated heterocycles. The molecule has 0 atom stereocenters. The Labute approximate surface area is 118 Å². The van der Waals surface area contributed by atoms with Crippen LogP contribution >= 0.6 is 23.2 Å². The lowest BCUT2D eigenvalue weighted by molar-refractivity contribution is 0.359. The van der Waals surface area contributed by atoms with E-state index < -0.39 is 0 Å². The molecule has 0 aromatic carbocycles. The fourth-order valence-electron chi connectivity index (χ4n) is 2.68. The van der Waals surface area contributed by atoms with E-state index >= 15 is 0 Å². The molecule has 0 unspecified atom stereocenters. The highest BCUT2D eigenvalue weighted by Crippen LogP contribution is 2.35. The van der Waals surface area contributed by atoms with Gasteiger partial charge in [-0.2, -0.15) is 4.98 Å². The van der Waals surface area contributed by atoms with Crippen LogP contribution in [0, 0.1) is 0 Å². The van der Waals surface area contributed by atoms with Crippen molar-refractivity contribution in [2.45, 2.75) is 63.7 Å². The molecule has 1 aliphatic rings. The van der Waals surface area contributed by atoms with Crippen LogP contribution in [0.1, 0.15) is 64.1 Å². The van der Waals surface area contributed by atoms with Crippen LogP contribution in [0.2, 0.25) is 10.6 Å². The molecule has 0 radical (unpaired) electrons. The van der Waals surface area contributed by atoms with Crippen molar-refractivity contribution in [2.24, 2.45) is 0 Å². The summed E-state index contributed by atoms with van der Waals surface area (Å²) >= 11 is 11.8. The third-order valence-corrected chi connectivity index (χ3v) is 4.17. The number of rotatable bonds is 1. The molecule has 100 valence electrons. The van der Waals surface area contributed by atoms with E-state index in [1.165, 1.54) is 38.5 Å². The Balaban J connectivity index is 2.25. The molecule has 1 fully saturated rings. The van der Waals surface area contributed by atoms with E-state index in [1.54, 1.807) is 0 Å². The minimum atomic E-state index is -0.0133. The van der Waals surface area contributed by atoms with Gasteiger partial charge in [0.25, 0.3) is 0 Å². The van der Waals surface area contributed by atoms with Crippen molar-refractivity contribution in [3.05, 3.63) is 16.4 Å². The molecule has 1 saturated carbocycles. The van der Waals surface area contributed by atoms with Gasteiger partial charge in [-0.1, -0.05) is 45.4 Å². The lowest BCUT2D eigenvalue weighted by atomic mass is 9.80. The van der Waals surface area contributed by atoms with Crippen LogP contribution in [-0.2, 0) is 5.41 Å². The minimum Gasteiger partial charge on any atom is -0.202 e. The van der Waals surface area contributed by atoms with Crippen molar-refractivity contribution < 1.29 is 0 Å². The predicted octanol–water partition coefficient (Wildman–Crippen LogP) is 4.57. The molecule has 3 nitrogen and oxygen atoms in total. The summed E-state index contributed by atoms with van der Waals surface area (Å²) in [5.41, 5.74) is -0.0133. The van der Waals surface area contributed by atoms with Crippen molar-refractivity contribution in [3.8, 4) is 0 Å². The third-order valence-electron chi connectivity index (χ3n) is 3.83. The molecule has 1 aromatic heterocycles. The van der Waals surface area contributed by atoms with Crippen LogP contribution in [0.4, 0.5) is 0 Å². The van der Waals surface area contributed by atoms with E-state index in [1.807, 2.05) is 0 Å². The van der Waals surface area contributed by atoms with Gasteiger partial charge >= 0.3 is 0 Å². The molecule has 2 rings (SSSR count). The quantitative estimate of drug-likeness (QED) is 0.759. The highest BCUT2D eigenvalue weighted by atomic mass is 35.5. The largest absolute Gasteiger partial charge is 0.226 e. The normalized spacial score (nSPS) is 20.8. The van der Waals surface area contributed by atoms with E-state index in [-0.39, 0.29) is 16.0 Å². The summed E-state index contributed by atoms with van der Waals surface area (Å²) < 4.78 is 0. The Kier molecular flexibility index (Phi) is 4.79. The Bertz CT molecular complexity index is 379. The second kappa shape index (κ2) is 6.16. The molecule has 0 bridgehead atoms. The van der Waals surface area contributed by atoms with E-state index in [0.717, 1.165) is 18.7 Å². The fourth-order valence-corrected chi connectivity index (χ4v) is 3.05. The number of halogens is 2. The number of hydrogen-bond acceptors (Lipinski definition) is 3. The average Bonchev–Trinajstić information content (AvgIpc) is 2.41. The summed E-state index contributed by atoms with van der Waals surface area (Å²) in [5.74, 6) is 0.759. The van der Waals surface area contributed by atoms with Gasteiger partial charge in [-0.05, 0) is 36.0 Å². The van der Waals surface area contributed by atoms with Crippen molar-refractivity contribution in [1.82, 2.24) is 15.0 Å². The van der Waals surface area contributed by atoms with Gasteiger partial charge in [0.1, 0.15) is 5.82 Å². The molecule has 18 heavy (non-hydrogen) atoms. The minimum absolute atomic E-state index is 0.0133. The Hall–Kier alpha value is -0.410. The van der Waals surface area contributed by atoms with Gasteiger partial charge in [0.2, 0.25) is 10.6 Å². The first kappa shape index (κ1) is 14.0. The van der Waals surface area contributed by atoms with Crippen molar-refractivity contribution in [2.75, 3.05) is 0 Å². The van der Waals surface area contributed by atoms with Crippen molar-refractivity contribution >= 4 is 23.2 Å². The first-order chi connectivity index (χ1) is 8.60. The monoisotopic (exact) mass is 287 g/mol. The number of hydrogen-bond donors (Lipinski definition) is 0. The molecular formula is C13H19Cl2N3. The average molecular weight is 288 g/mol. The van der Waals surface area contributed by atoms with Gasteiger partial charge in [-0.15, -0.1) is 0 Å². The summed E-state index contributed by atoms with van der Waals surface area (Å²) in [6, 6.07) is 0. The van der Waals surface area contributed by atoms with Crippen LogP contribution in [0.15, 0.2) is 0 Å².